The molecule has 1 aliphatic rings. The van der Waals surface area contributed by atoms with Gasteiger partial charge in [-0.25, -0.2) is 0 Å². The Morgan fingerprint density at radius 3 is 2.41 bits per heavy atom. The molecule has 1 fully saturated rings. The third kappa shape index (κ3) is 6.24. The molecule has 1 heterocycles. The van der Waals surface area contributed by atoms with E-state index in [0.29, 0.717) is 17.2 Å². The van der Waals surface area contributed by atoms with Crippen molar-refractivity contribution in [3.05, 3.63) is 89.6 Å². The second kappa shape index (κ2) is 12.5. The first-order valence-corrected chi connectivity index (χ1v) is 14.5. The molecule has 5 rings (SSSR count). The van der Waals surface area contributed by atoms with Crippen LogP contribution in [0.5, 0.6) is 11.5 Å². The zero-order valence-corrected chi connectivity index (χ0v) is 24.0. The van der Waals surface area contributed by atoms with E-state index in [1.165, 1.54) is 19.6 Å². The largest absolute Gasteiger partial charge is 0.504 e. The molecule has 214 valence electrons. The quantitative estimate of drug-likeness (QED) is 0.213. The molecule has 41 heavy (non-hydrogen) atoms. The first-order valence-electron chi connectivity index (χ1n) is 14.5. The van der Waals surface area contributed by atoms with E-state index in [1.807, 2.05) is 54.7 Å². The topological polar surface area (TPSA) is 94.7 Å². The molecule has 0 radical (unpaired) electrons. The molecule has 1 unspecified atom stereocenters. The van der Waals surface area contributed by atoms with Gasteiger partial charge in [-0.1, -0.05) is 69.5 Å². The predicted octanol–water partition coefficient (Wildman–Crippen LogP) is 6.77. The summed E-state index contributed by atoms with van der Waals surface area (Å²) in [4.78, 5) is 33.4. The number of carbonyl (C=O) groups is 2. The van der Waals surface area contributed by atoms with Crippen LogP contribution in [0, 0.1) is 0 Å². The third-order valence-electron chi connectivity index (χ3n) is 8.10. The number of fused-ring (bicyclic) bond motifs is 1. The van der Waals surface area contributed by atoms with E-state index >= 15 is 0 Å². The van der Waals surface area contributed by atoms with E-state index in [1.54, 1.807) is 17.0 Å². The summed E-state index contributed by atoms with van der Waals surface area (Å²) in [6.07, 6.45) is 7.13. The van der Waals surface area contributed by atoms with Crippen molar-refractivity contribution in [1.82, 2.24) is 10.3 Å². The van der Waals surface area contributed by atoms with Crippen LogP contribution in [-0.2, 0) is 16.0 Å². The smallest absolute Gasteiger partial charge is 0.248 e. The number of nitrogens with zero attached hydrogens (tertiary/aromatic N) is 1. The zero-order valence-electron chi connectivity index (χ0n) is 24.0. The highest BCUT2D eigenvalue weighted by Gasteiger charge is 2.35. The van der Waals surface area contributed by atoms with E-state index in [4.69, 9.17) is 4.74 Å². The summed E-state index contributed by atoms with van der Waals surface area (Å²) in [6.45, 7) is 4.25. The molecule has 7 heteroatoms. The molecule has 3 N–H and O–H groups in total. The van der Waals surface area contributed by atoms with Gasteiger partial charge in [0.05, 0.1) is 13.5 Å². The van der Waals surface area contributed by atoms with Crippen LogP contribution < -0.4 is 15.0 Å². The summed E-state index contributed by atoms with van der Waals surface area (Å²) in [7, 11) is 1.47. The molecule has 0 bridgehead atoms. The molecule has 0 saturated heterocycles. The Labute approximate surface area is 241 Å². The number of amides is 2. The number of rotatable bonds is 9. The zero-order chi connectivity index (χ0) is 28.9. The summed E-state index contributed by atoms with van der Waals surface area (Å²) < 4.78 is 5.40. The number of anilines is 1. The maximum absolute atomic E-state index is 14.4. The minimum absolute atomic E-state index is 0.0272. The van der Waals surface area contributed by atoms with Gasteiger partial charge in [-0.3, -0.25) is 14.5 Å². The number of nitrogens with one attached hydrogen (secondary N) is 2. The lowest BCUT2D eigenvalue weighted by molar-refractivity contribution is -0.127. The number of aromatic nitrogens is 1. The number of carbonyl (C=O) groups excluding carboxylic acids is 2. The normalized spacial score (nSPS) is 14.6. The number of hydrogen-bond acceptors (Lipinski definition) is 4. The van der Waals surface area contributed by atoms with E-state index in [0.717, 1.165) is 47.7 Å². The molecule has 1 aromatic heterocycles. The van der Waals surface area contributed by atoms with Crippen molar-refractivity contribution in [1.29, 1.82) is 0 Å². The summed E-state index contributed by atoms with van der Waals surface area (Å²) in [5, 5.41) is 14.6. The van der Waals surface area contributed by atoms with Crippen molar-refractivity contribution in [2.24, 2.45) is 0 Å². The third-order valence-corrected chi connectivity index (χ3v) is 8.10. The number of benzene rings is 3. The van der Waals surface area contributed by atoms with Crippen LogP contribution >= 0.6 is 0 Å². The number of ether oxygens (including phenoxy) is 1. The van der Waals surface area contributed by atoms with E-state index in [-0.39, 0.29) is 35.8 Å². The minimum Gasteiger partial charge on any atom is -0.504 e. The minimum atomic E-state index is -0.964. The molecular formula is C34H39N3O4. The van der Waals surface area contributed by atoms with E-state index in [9.17, 15) is 14.7 Å². The molecule has 7 nitrogen and oxygen atoms in total. The number of H-pyrrole nitrogens is 1. The maximum Gasteiger partial charge on any atom is 0.248 e. The molecule has 1 aliphatic carbocycles. The van der Waals surface area contributed by atoms with Crippen LogP contribution in [0.25, 0.3) is 10.9 Å². The standard InChI is InChI=1S/C34H39N3O4/c1-22(2)23-13-16-27(17-14-23)37(32(39)20-25-21-35-29-12-8-7-11-28(25)29)33(24-15-18-30(38)31(19-24)41-3)34(40)36-26-9-5-4-6-10-26/h7-8,11-19,21-22,26,33,35,38H,4-6,9-10,20H2,1-3H3,(H,36,40). The number of para-hydroxylation sites is 1. The average molecular weight is 554 g/mol. The Kier molecular flexibility index (Phi) is 8.62. The SMILES string of the molecule is COc1cc(C(C(=O)NC2CCCCC2)N(C(=O)Cc2c[nH]c3ccccc23)c2ccc(C(C)C)cc2)ccc1O. The highest BCUT2D eigenvalue weighted by Crippen LogP contribution is 2.35. The van der Waals surface area contributed by atoms with Gasteiger partial charge in [-0.15, -0.1) is 0 Å². The Bertz CT molecular complexity index is 1500. The Morgan fingerprint density at radius 2 is 1.71 bits per heavy atom. The Balaban J connectivity index is 1.60. The van der Waals surface area contributed by atoms with E-state index in [2.05, 4.69) is 24.1 Å². The fourth-order valence-corrected chi connectivity index (χ4v) is 5.79. The lowest BCUT2D eigenvalue weighted by Crippen LogP contribution is -2.47. The second-order valence-electron chi connectivity index (χ2n) is 11.2. The number of aromatic amines is 1. The lowest BCUT2D eigenvalue weighted by atomic mass is 9.94. The fourth-order valence-electron chi connectivity index (χ4n) is 5.79. The number of aromatic hydroxyl groups is 1. The summed E-state index contributed by atoms with van der Waals surface area (Å²) >= 11 is 0. The lowest BCUT2D eigenvalue weighted by Gasteiger charge is -2.34. The van der Waals surface area contributed by atoms with Crippen LogP contribution in [-0.4, -0.2) is 35.1 Å². The highest BCUT2D eigenvalue weighted by atomic mass is 16.5. The molecule has 4 aromatic rings. The van der Waals surface area contributed by atoms with Crippen molar-refractivity contribution in [3.8, 4) is 11.5 Å². The van der Waals surface area contributed by atoms with Gasteiger partial charge < -0.3 is 20.1 Å². The van der Waals surface area contributed by atoms with Gasteiger partial charge in [0.25, 0.3) is 0 Å². The predicted molar refractivity (Wildman–Crippen MR) is 162 cm³/mol. The van der Waals surface area contributed by atoms with Gasteiger partial charge in [-0.05, 0) is 65.8 Å². The number of methoxy groups -OCH3 is 1. The van der Waals surface area contributed by atoms with Crippen LogP contribution in [0.15, 0.2) is 72.9 Å². The fraction of sp³-hybridized carbons (Fsp3) is 0.353. The molecule has 2 amide bonds. The first-order chi connectivity index (χ1) is 19.9. The van der Waals surface area contributed by atoms with Crippen LogP contribution in [0.3, 0.4) is 0 Å². The van der Waals surface area contributed by atoms with Gasteiger partial charge in [0.15, 0.2) is 11.5 Å². The van der Waals surface area contributed by atoms with Gasteiger partial charge >= 0.3 is 0 Å². The number of hydrogen-bond donors (Lipinski definition) is 3. The van der Waals surface area contributed by atoms with Gasteiger partial charge in [0.1, 0.15) is 6.04 Å². The Hall–Kier alpha value is -4.26. The van der Waals surface area contributed by atoms with Crippen molar-refractivity contribution < 1.29 is 19.4 Å². The first kappa shape index (κ1) is 28.3. The average Bonchev–Trinajstić information content (AvgIpc) is 3.39. The summed E-state index contributed by atoms with van der Waals surface area (Å²) in [5.41, 5.74) is 4.16. The monoisotopic (exact) mass is 553 g/mol. The van der Waals surface area contributed by atoms with Crippen molar-refractivity contribution in [2.75, 3.05) is 12.0 Å². The number of phenolic OH excluding ortho intramolecular Hbond substituents is 1. The van der Waals surface area contributed by atoms with Gasteiger partial charge in [0.2, 0.25) is 11.8 Å². The van der Waals surface area contributed by atoms with Crippen LogP contribution in [0.1, 0.15) is 74.6 Å². The second-order valence-corrected chi connectivity index (χ2v) is 11.2. The van der Waals surface area contributed by atoms with Crippen molar-refractivity contribution >= 4 is 28.4 Å². The molecule has 0 aliphatic heterocycles. The molecule has 0 spiro atoms. The van der Waals surface area contributed by atoms with Crippen molar-refractivity contribution in [2.45, 2.75) is 70.4 Å². The summed E-state index contributed by atoms with van der Waals surface area (Å²) in [6, 6.07) is 19.7. The molecule has 1 atom stereocenters. The molecule has 1 saturated carbocycles. The van der Waals surface area contributed by atoms with E-state index < -0.39 is 6.04 Å². The van der Waals surface area contributed by atoms with Crippen LogP contribution in [0.2, 0.25) is 0 Å². The molecular weight excluding hydrogens is 514 g/mol. The highest BCUT2D eigenvalue weighted by molar-refractivity contribution is 6.03. The van der Waals surface area contributed by atoms with Crippen LogP contribution in [0.4, 0.5) is 5.69 Å². The number of phenols is 1. The maximum atomic E-state index is 14.4. The van der Waals surface area contributed by atoms with Crippen molar-refractivity contribution in [3.63, 3.8) is 0 Å². The van der Waals surface area contributed by atoms with Gasteiger partial charge in [-0.2, -0.15) is 0 Å². The summed E-state index contributed by atoms with van der Waals surface area (Å²) in [5.74, 6) is 0.0942. The Morgan fingerprint density at radius 1 is 1.00 bits per heavy atom. The molecule has 3 aromatic carbocycles. The van der Waals surface area contributed by atoms with Gasteiger partial charge in [0, 0.05) is 28.8 Å².